The van der Waals surface area contributed by atoms with Crippen LogP contribution in [0, 0.1) is 0 Å². The molecule has 0 aliphatic heterocycles. The average molecular weight is 224 g/mol. The summed E-state index contributed by atoms with van der Waals surface area (Å²) in [6.45, 7) is 0.290. The number of benzene rings is 1. The lowest BCUT2D eigenvalue weighted by atomic mass is 10.1. The quantitative estimate of drug-likeness (QED) is 0.622. The van der Waals surface area contributed by atoms with Crippen molar-refractivity contribution in [1.29, 1.82) is 0 Å². The summed E-state index contributed by atoms with van der Waals surface area (Å²) in [5.74, 6) is -0.402. The molecule has 88 valence electrons. The normalized spacial score (nSPS) is 11.9. The van der Waals surface area contributed by atoms with Gasteiger partial charge in [0.2, 0.25) is 0 Å². The predicted molar refractivity (Wildman–Crippen MR) is 61.3 cm³/mol. The number of aliphatic hydroxyl groups is 1. The van der Waals surface area contributed by atoms with Crippen LogP contribution < -0.4 is 11.1 Å². The second kappa shape index (κ2) is 6.09. The summed E-state index contributed by atoms with van der Waals surface area (Å²) in [6.07, 6.45) is 0. The number of rotatable bonds is 5. The fraction of sp³-hybridized carbons (Fsp3) is 0.364. The zero-order chi connectivity index (χ0) is 12.0. The first-order chi connectivity index (χ1) is 7.69. The Hall–Kier alpha value is -1.59. The fourth-order valence-electron chi connectivity index (χ4n) is 1.23. The summed E-state index contributed by atoms with van der Waals surface area (Å²) < 4.78 is 4.65. The molecule has 1 rings (SSSR count). The Morgan fingerprint density at radius 2 is 2.25 bits per heavy atom. The molecule has 4 N–H and O–H groups in total. The summed E-state index contributed by atoms with van der Waals surface area (Å²) in [5, 5.41) is 11.8. The van der Waals surface area contributed by atoms with Gasteiger partial charge in [-0.2, -0.15) is 0 Å². The van der Waals surface area contributed by atoms with Crippen molar-refractivity contribution in [2.45, 2.75) is 6.04 Å². The molecule has 0 spiro atoms. The highest BCUT2D eigenvalue weighted by Crippen LogP contribution is 2.15. The van der Waals surface area contributed by atoms with Gasteiger partial charge in [-0.3, -0.25) is 0 Å². The number of nitrogens with two attached hydrogens (primary N) is 1. The van der Waals surface area contributed by atoms with Gasteiger partial charge in [0.1, 0.15) is 0 Å². The molecule has 16 heavy (non-hydrogen) atoms. The van der Waals surface area contributed by atoms with Gasteiger partial charge in [-0.05, 0) is 12.1 Å². The Labute approximate surface area is 94.2 Å². The maximum atomic E-state index is 11.4. The largest absolute Gasteiger partial charge is 0.465 e. The van der Waals surface area contributed by atoms with Crippen LogP contribution in [0.15, 0.2) is 24.3 Å². The molecule has 0 radical (unpaired) electrons. The molecule has 1 unspecified atom stereocenters. The molecule has 0 fully saturated rings. The molecular weight excluding hydrogens is 208 g/mol. The van der Waals surface area contributed by atoms with E-state index in [1.807, 2.05) is 0 Å². The minimum atomic E-state index is -0.402. The number of carbonyl (C=O) groups is 1. The first-order valence-electron chi connectivity index (χ1n) is 4.96. The second-order valence-corrected chi connectivity index (χ2v) is 3.36. The maximum absolute atomic E-state index is 11.4. The molecule has 0 aromatic heterocycles. The molecule has 0 amide bonds. The maximum Gasteiger partial charge on any atom is 0.339 e. The van der Waals surface area contributed by atoms with Crippen LogP contribution in [0.25, 0.3) is 0 Å². The smallest absolute Gasteiger partial charge is 0.339 e. The molecule has 0 aliphatic rings. The van der Waals surface area contributed by atoms with Crippen molar-refractivity contribution >= 4 is 11.7 Å². The second-order valence-electron chi connectivity index (χ2n) is 3.36. The molecule has 0 bridgehead atoms. The van der Waals surface area contributed by atoms with Crippen LogP contribution in [0.1, 0.15) is 10.4 Å². The molecule has 1 aromatic carbocycles. The summed E-state index contributed by atoms with van der Waals surface area (Å²) >= 11 is 0. The molecule has 1 aromatic rings. The van der Waals surface area contributed by atoms with Gasteiger partial charge in [-0.1, -0.05) is 12.1 Å². The third-order valence-corrected chi connectivity index (χ3v) is 2.12. The monoisotopic (exact) mass is 224 g/mol. The standard InChI is InChI=1S/C11H16N2O3/c1-16-11(15)9-4-2-3-5-10(9)13-6-8(12)7-14/h2-5,8,13-14H,6-7,12H2,1H3. The number of anilines is 1. The third-order valence-electron chi connectivity index (χ3n) is 2.12. The first-order valence-corrected chi connectivity index (χ1v) is 4.96. The van der Waals surface area contributed by atoms with Crippen molar-refractivity contribution in [2.75, 3.05) is 25.6 Å². The SMILES string of the molecule is COC(=O)c1ccccc1NCC(N)CO. The van der Waals surface area contributed by atoms with E-state index >= 15 is 0 Å². The zero-order valence-electron chi connectivity index (χ0n) is 9.14. The van der Waals surface area contributed by atoms with E-state index in [-0.39, 0.29) is 12.6 Å². The molecule has 5 nitrogen and oxygen atoms in total. The number of ether oxygens (including phenoxy) is 1. The molecule has 0 heterocycles. The Morgan fingerprint density at radius 3 is 2.88 bits per heavy atom. The van der Waals surface area contributed by atoms with Gasteiger partial charge >= 0.3 is 5.97 Å². The van der Waals surface area contributed by atoms with E-state index in [1.165, 1.54) is 7.11 Å². The number of aliphatic hydroxyl groups excluding tert-OH is 1. The minimum Gasteiger partial charge on any atom is -0.465 e. The number of methoxy groups -OCH3 is 1. The van der Waals surface area contributed by atoms with Crippen molar-refractivity contribution in [3.05, 3.63) is 29.8 Å². The molecule has 5 heteroatoms. The lowest BCUT2D eigenvalue weighted by Crippen LogP contribution is -2.32. The molecule has 0 aliphatic carbocycles. The van der Waals surface area contributed by atoms with E-state index in [9.17, 15) is 4.79 Å². The first kappa shape index (κ1) is 12.5. The Morgan fingerprint density at radius 1 is 1.56 bits per heavy atom. The van der Waals surface area contributed by atoms with E-state index in [1.54, 1.807) is 24.3 Å². The number of para-hydroxylation sites is 1. The van der Waals surface area contributed by atoms with E-state index < -0.39 is 5.97 Å². The summed E-state index contributed by atoms with van der Waals surface area (Å²) in [4.78, 5) is 11.4. The molecule has 0 saturated heterocycles. The summed E-state index contributed by atoms with van der Waals surface area (Å²) in [5.41, 5.74) is 6.66. The van der Waals surface area contributed by atoms with Gasteiger partial charge < -0.3 is 20.9 Å². The molecule has 1 atom stereocenters. The predicted octanol–water partition coefficient (Wildman–Crippen LogP) is 0.205. The van der Waals surface area contributed by atoms with Crippen LogP contribution in [-0.4, -0.2) is 37.4 Å². The highest BCUT2D eigenvalue weighted by atomic mass is 16.5. The number of hydrogen-bond acceptors (Lipinski definition) is 5. The third kappa shape index (κ3) is 3.22. The van der Waals surface area contributed by atoms with Gasteiger partial charge in [-0.25, -0.2) is 4.79 Å². The Kier molecular flexibility index (Phi) is 4.75. The average Bonchev–Trinajstić information content (AvgIpc) is 2.35. The van der Waals surface area contributed by atoms with Crippen LogP contribution in [0.5, 0.6) is 0 Å². The fourth-order valence-corrected chi connectivity index (χ4v) is 1.23. The lowest BCUT2D eigenvalue weighted by molar-refractivity contribution is 0.0602. The van der Waals surface area contributed by atoms with Crippen molar-refractivity contribution in [3.8, 4) is 0 Å². The minimum absolute atomic E-state index is 0.104. The Balaban J connectivity index is 2.75. The van der Waals surface area contributed by atoms with Crippen LogP contribution in [0.4, 0.5) is 5.69 Å². The molecular formula is C11H16N2O3. The summed E-state index contributed by atoms with van der Waals surface area (Å²) in [6, 6.07) is 6.63. The molecule has 0 saturated carbocycles. The van der Waals surface area contributed by atoms with Gasteiger partial charge in [0.15, 0.2) is 0 Å². The van der Waals surface area contributed by atoms with E-state index in [4.69, 9.17) is 10.8 Å². The Bertz CT molecular complexity index is 355. The van der Waals surface area contributed by atoms with E-state index in [0.29, 0.717) is 17.8 Å². The van der Waals surface area contributed by atoms with Crippen molar-refractivity contribution < 1.29 is 14.6 Å². The van der Waals surface area contributed by atoms with Gasteiger partial charge in [-0.15, -0.1) is 0 Å². The lowest BCUT2D eigenvalue weighted by Gasteiger charge is -2.13. The van der Waals surface area contributed by atoms with Crippen LogP contribution in [0.2, 0.25) is 0 Å². The van der Waals surface area contributed by atoms with Crippen molar-refractivity contribution in [2.24, 2.45) is 5.73 Å². The van der Waals surface area contributed by atoms with Crippen LogP contribution in [-0.2, 0) is 4.74 Å². The van der Waals surface area contributed by atoms with E-state index in [2.05, 4.69) is 10.1 Å². The summed E-state index contributed by atoms with van der Waals surface area (Å²) in [7, 11) is 1.33. The number of hydrogen-bond donors (Lipinski definition) is 3. The van der Waals surface area contributed by atoms with Crippen LogP contribution >= 0.6 is 0 Å². The van der Waals surface area contributed by atoms with Gasteiger partial charge in [0.05, 0.1) is 19.3 Å². The highest BCUT2D eigenvalue weighted by molar-refractivity contribution is 5.95. The van der Waals surface area contributed by atoms with Gasteiger partial charge in [0.25, 0.3) is 0 Å². The van der Waals surface area contributed by atoms with Gasteiger partial charge in [0, 0.05) is 18.3 Å². The number of carbonyl (C=O) groups excluding carboxylic acids is 1. The highest BCUT2D eigenvalue weighted by Gasteiger charge is 2.11. The zero-order valence-corrected chi connectivity index (χ0v) is 9.14. The van der Waals surface area contributed by atoms with Crippen molar-refractivity contribution in [1.82, 2.24) is 0 Å². The number of nitrogens with one attached hydrogen (secondary N) is 1. The van der Waals surface area contributed by atoms with Crippen LogP contribution in [0.3, 0.4) is 0 Å². The van der Waals surface area contributed by atoms with E-state index in [0.717, 1.165) is 0 Å². The number of esters is 1. The topological polar surface area (TPSA) is 84.6 Å². The van der Waals surface area contributed by atoms with Crippen molar-refractivity contribution in [3.63, 3.8) is 0 Å².